The summed E-state index contributed by atoms with van der Waals surface area (Å²) < 4.78 is 8.20. The van der Waals surface area contributed by atoms with Crippen molar-refractivity contribution in [1.82, 2.24) is 14.7 Å². The summed E-state index contributed by atoms with van der Waals surface area (Å²) in [6.07, 6.45) is -0.625. The number of aliphatic hydroxyl groups excluding tert-OH is 1. The number of ether oxygens (including phenoxy) is 1. The predicted molar refractivity (Wildman–Crippen MR) is 147 cm³/mol. The van der Waals surface area contributed by atoms with Crippen LogP contribution in [-0.4, -0.2) is 26.3 Å². The Morgan fingerprint density at radius 3 is 1.97 bits per heavy atom. The molecule has 37 heavy (non-hydrogen) atoms. The summed E-state index contributed by atoms with van der Waals surface area (Å²) in [6, 6.07) is 40.1. The Morgan fingerprint density at radius 1 is 0.757 bits per heavy atom. The molecule has 1 atom stereocenters. The molecular formula is C32H31N3O2. The fourth-order valence-corrected chi connectivity index (χ4v) is 4.53. The summed E-state index contributed by atoms with van der Waals surface area (Å²) in [6.45, 7) is 1.70. The zero-order chi connectivity index (χ0) is 25.5. The van der Waals surface area contributed by atoms with Gasteiger partial charge >= 0.3 is 0 Å². The number of benzene rings is 4. The van der Waals surface area contributed by atoms with Crippen LogP contribution in [0, 0.1) is 0 Å². The second-order valence-corrected chi connectivity index (χ2v) is 9.12. The largest absolute Gasteiger partial charge is 0.439 e. The number of hydrogen-bond acceptors (Lipinski definition) is 4. The molecule has 0 amide bonds. The first-order valence-electron chi connectivity index (χ1n) is 12.5. The minimum Gasteiger partial charge on any atom is -0.439 e. The second-order valence-electron chi connectivity index (χ2n) is 9.12. The van der Waals surface area contributed by atoms with E-state index in [0.717, 1.165) is 28.1 Å². The molecule has 5 heteroatoms. The van der Waals surface area contributed by atoms with Crippen LogP contribution in [-0.2, 0) is 20.1 Å². The van der Waals surface area contributed by atoms with Gasteiger partial charge in [-0.25, -0.2) is 4.68 Å². The molecule has 0 radical (unpaired) electrons. The molecule has 0 aliphatic carbocycles. The Labute approximate surface area is 218 Å². The summed E-state index contributed by atoms with van der Waals surface area (Å²) >= 11 is 0. The van der Waals surface area contributed by atoms with Gasteiger partial charge in [-0.05, 0) is 23.3 Å². The Balaban J connectivity index is 1.53. The average molecular weight is 490 g/mol. The van der Waals surface area contributed by atoms with Crippen molar-refractivity contribution in [3.8, 4) is 22.9 Å². The van der Waals surface area contributed by atoms with Gasteiger partial charge in [0.2, 0.25) is 5.88 Å². The lowest BCUT2D eigenvalue weighted by Crippen LogP contribution is -2.28. The van der Waals surface area contributed by atoms with Crippen LogP contribution >= 0.6 is 0 Å². The maximum atomic E-state index is 11.1. The fraction of sp³-hybridized carbons (Fsp3) is 0.156. The van der Waals surface area contributed by atoms with E-state index in [-0.39, 0.29) is 0 Å². The van der Waals surface area contributed by atoms with Crippen LogP contribution in [0.25, 0.3) is 11.3 Å². The number of aliphatic hydroxyl groups is 1. The Morgan fingerprint density at radius 2 is 1.32 bits per heavy atom. The topological polar surface area (TPSA) is 50.5 Å². The Bertz CT molecular complexity index is 1390. The summed E-state index contributed by atoms with van der Waals surface area (Å²) in [5, 5.41) is 16.0. The van der Waals surface area contributed by atoms with Crippen molar-refractivity contribution < 1.29 is 9.84 Å². The summed E-state index contributed by atoms with van der Waals surface area (Å²) in [7, 11) is 1.91. The molecule has 0 saturated heterocycles. The molecule has 5 nitrogen and oxygen atoms in total. The van der Waals surface area contributed by atoms with E-state index in [1.165, 1.54) is 5.56 Å². The summed E-state index contributed by atoms with van der Waals surface area (Å²) in [5.74, 6) is 1.45. The standard InChI is InChI=1S/C32H31N3O2/c1-34-32(37-28-20-12-5-13-21-28)29(31(33-34)27-18-10-4-11-19-27)23-35(22-25-14-6-2-7-15-25)24-30(36)26-16-8-3-9-17-26/h2-21,30,36H,22-24H2,1H3. The third kappa shape index (κ3) is 6.15. The van der Waals surface area contributed by atoms with E-state index in [1.807, 2.05) is 104 Å². The predicted octanol–water partition coefficient (Wildman–Crippen LogP) is 6.62. The van der Waals surface area contributed by atoms with E-state index in [1.54, 1.807) is 4.68 Å². The number of nitrogens with zero attached hydrogens (tertiary/aromatic N) is 3. The molecule has 4 aromatic carbocycles. The van der Waals surface area contributed by atoms with Gasteiger partial charge in [0.1, 0.15) is 11.4 Å². The quantitative estimate of drug-likeness (QED) is 0.240. The minimum atomic E-state index is -0.625. The maximum Gasteiger partial charge on any atom is 0.222 e. The smallest absolute Gasteiger partial charge is 0.222 e. The molecule has 1 N–H and O–H groups in total. The average Bonchev–Trinajstić information content (AvgIpc) is 3.25. The first-order chi connectivity index (χ1) is 18.2. The van der Waals surface area contributed by atoms with Gasteiger partial charge < -0.3 is 9.84 Å². The van der Waals surface area contributed by atoms with Crippen LogP contribution < -0.4 is 4.74 Å². The van der Waals surface area contributed by atoms with E-state index in [0.29, 0.717) is 25.5 Å². The number of rotatable bonds is 10. The van der Waals surface area contributed by atoms with E-state index < -0.39 is 6.10 Å². The summed E-state index contributed by atoms with van der Waals surface area (Å²) in [5.41, 5.74) is 4.96. The highest BCUT2D eigenvalue weighted by Gasteiger charge is 2.24. The van der Waals surface area contributed by atoms with Gasteiger partial charge in [0.25, 0.3) is 0 Å². The lowest BCUT2D eigenvalue weighted by atomic mass is 10.1. The van der Waals surface area contributed by atoms with Crippen molar-refractivity contribution in [3.05, 3.63) is 138 Å². The molecule has 0 saturated carbocycles. The van der Waals surface area contributed by atoms with E-state index >= 15 is 0 Å². The van der Waals surface area contributed by atoms with E-state index in [9.17, 15) is 5.11 Å². The number of aromatic nitrogens is 2. The minimum absolute atomic E-state index is 0.465. The van der Waals surface area contributed by atoms with E-state index in [2.05, 4.69) is 29.2 Å². The number of aryl methyl sites for hydroxylation is 1. The van der Waals surface area contributed by atoms with Gasteiger partial charge in [-0.2, -0.15) is 5.10 Å². The molecule has 0 aliphatic rings. The number of para-hydroxylation sites is 1. The van der Waals surface area contributed by atoms with Crippen LogP contribution in [0.3, 0.4) is 0 Å². The highest BCUT2D eigenvalue weighted by atomic mass is 16.5. The van der Waals surface area contributed by atoms with Gasteiger partial charge in [-0.15, -0.1) is 0 Å². The lowest BCUT2D eigenvalue weighted by Gasteiger charge is -2.26. The first-order valence-corrected chi connectivity index (χ1v) is 12.5. The molecule has 1 aromatic heterocycles. The van der Waals surface area contributed by atoms with Gasteiger partial charge in [0, 0.05) is 32.2 Å². The monoisotopic (exact) mass is 489 g/mol. The molecule has 1 unspecified atom stereocenters. The highest BCUT2D eigenvalue weighted by molar-refractivity contribution is 5.65. The normalized spacial score (nSPS) is 12.0. The van der Waals surface area contributed by atoms with Crippen LogP contribution in [0.5, 0.6) is 11.6 Å². The van der Waals surface area contributed by atoms with Crippen molar-refractivity contribution >= 4 is 0 Å². The van der Waals surface area contributed by atoms with Crippen LogP contribution in [0.15, 0.2) is 121 Å². The van der Waals surface area contributed by atoms with Crippen molar-refractivity contribution in [3.63, 3.8) is 0 Å². The molecule has 0 bridgehead atoms. The molecule has 5 aromatic rings. The molecule has 0 aliphatic heterocycles. The van der Waals surface area contributed by atoms with Crippen molar-refractivity contribution in [2.45, 2.75) is 19.2 Å². The van der Waals surface area contributed by atoms with Crippen LogP contribution in [0.4, 0.5) is 0 Å². The fourth-order valence-electron chi connectivity index (χ4n) is 4.53. The third-order valence-corrected chi connectivity index (χ3v) is 6.34. The molecule has 0 fully saturated rings. The highest BCUT2D eigenvalue weighted by Crippen LogP contribution is 2.34. The zero-order valence-corrected chi connectivity index (χ0v) is 20.9. The second kappa shape index (κ2) is 11.7. The van der Waals surface area contributed by atoms with Crippen LogP contribution in [0.1, 0.15) is 22.8 Å². The van der Waals surface area contributed by atoms with E-state index in [4.69, 9.17) is 9.84 Å². The summed E-state index contributed by atoms with van der Waals surface area (Å²) in [4.78, 5) is 2.26. The molecule has 186 valence electrons. The molecular weight excluding hydrogens is 458 g/mol. The SMILES string of the molecule is Cn1nc(-c2ccccc2)c(CN(Cc2ccccc2)CC(O)c2ccccc2)c1Oc1ccccc1. The molecule has 1 heterocycles. The Kier molecular flexibility index (Phi) is 7.75. The van der Waals surface area contributed by atoms with Gasteiger partial charge in [-0.3, -0.25) is 4.90 Å². The molecule has 5 rings (SSSR count). The maximum absolute atomic E-state index is 11.1. The lowest BCUT2D eigenvalue weighted by molar-refractivity contribution is 0.104. The van der Waals surface area contributed by atoms with Gasteiger partial charge in [0.15, 0.2) is 0 Å². The van der Waals surface area contributed by atoms with Crippen molar-refractivity contribution in [2.75, 3.05) is 6.54 Å². The number of hydrogen-bond donors (Lipinski definition) is 1. The zero-order valence-electron chi connectivity index (χ0n) is 20.9. The van der Waals surface area contributed by atoms with Crippen molar-refractivity contribution in [2.24, 2.45) is 7.05 Å². The van der Waals surface area contributed by atoms with Gasteiger partial charge in [0.05, 0.1) is 11.7 Å². The van der Waals surface area contributed by atoms with Crippen molar-refractivity contribution in [1.29, 1.82) is 0 Å². The Hall–Kier alpha value is -4.19. The molecule has 0 spiro atoms. The van der Waals surface area contributed by atoms with Crippen LogP contribution in [0.2, 0.25) is 0 Å². The third-order valence-electron chi connectivity index (χ3n) is 6.34. The van der Waals surface area contributed by atoms with Gasteiger partial charge in [-0.1, -0.05) is 109 Å². The first kappa shape index (κ1) is 24.5.